The Morgan fingerprint density at radius 3 is 2.23 bits per heavy atom. The van der Waals surface area contributed by atoms with E-state index in [-0.39, 0.29) is 22.7 Å². The van der Waals surface area contributed by atoms with Crippen molar-refractivity contribution in [1.29, 1.82) is 0 Å². The summed E-state index contributed by atoms with van der Waals surface area (Å²) in [4.78, 5) is 10.9. The summed E-state index contributed by atoms with van der Waals surface area (Å²) in [5.41, 5.74) is -0.157. The monoisotopic (exact) mass is 182 g/mol. The maximum absolute atomic E-state index is 10.9. The molecule has 13 heavy (non-hydrogen) atoms. The molecule has 0 aromatic carbocycles. The van der Waals surface area contributed by atoms with Crippen molar-refractivity contribution in [2.45, 2.75) is 27.7 Å². The molecule has 0 aliphatic heterocycles. The van der Waals surface area contributed by atoms with Crippen molar-refractivity contribution in [3.63, 3.8) is 0 Å². The van der Waals surface area contributed by atoms with Crippen molar-refractivity contribution >= 4 is 5.97 Å². The molecule has 1 rings (SSSR count). The van der Waals surface area contributed by atoms with E-state index in [4.69, 9.17) is 5.11 Å². The third kappa shape index (κ3) is 1.38. The maximum Gasteiger partial charge on any atom is 0.307 e. The molecule has 0 spiro atoms. The van der Waals surface area contributed by atoms with Crippen LogP contribution in [0.3, 0.4) is 0 Å². The number of aliphatic carboxylic acids is 1. The molecule has 0 saturated heterocycles. The lowest BCUT2D eigenvalue weighted by molar-refractivity contribution is -0.139. The van der Waals surface area contributed by atoms with E-state index in [1.54, 1.807) is 0 Å². The lowest BCUT2D eigenvalue weighted by Crippen LogP contribution is -2.15. The fourth-order valence-corrected chi connectivity index (χ4v) is 2.61. The van der Waals surface area contributed by atoms with Crippen LogP contribution in [0.25, 0.3) is 0 Å². The molecule has 2 atom stereocenters. The van der Waals surface area contributed by atoms with Crippen LogP contribution < -0.4 is 0 Å². The number of rotatable bonds is 3. The Hall–Kier alpha value is -0.790. The minimum absolute atomic E-state index is 0.0768. The molecular formula is C11H18O2. The standard InChI is InChI=1S/C11H18O2/c1-6-10(2,3)8-7(9(12)13)11(8,4)5/h6-8H,1H2,2-5H3,(H,12,13). The van der Waals surface area contributed by atoms with Gasteiger partial charge in [-0.05, 0) is 16.7 Å². The zero-order chi connectivity index (χ0) is 10.4. The van der Waals surface area contributed by atoms with Crippen LogP contribution in [0.5, 0.6) is 0 Å². The van der Waals surface area contributed by atoms with Crippen molar-refractivity contribution in [2.75, 3.05) is 0 Å². The Labute approximate surface area is 79.6 Å². The highest BCUT2D eigenvalue weighted by atomic mass is 16.4. The first-order valence-corrected chi connectivity index (χ1v) is 4.61. The number of carboxylic acid groups (broad SMARTS) is 1. The molecule has 0 amide bonds. The highest BCUT2D eigenvalue weighted by Gasteiger charge is 2.66. The minimum atomic E-state index is -0.676. The fourth-order valence-electron chi connectivity index (χ4n) is 2.61. The topological polar surface area (TPSA) is 37.3 Å². The second-order valence-electron chi connectivity index (χ2n) is 5.14. The van der Waals surface area contributed by atoms with Crippen LogP contribution >= 0.6 is 0 Å². The maximum atomic E-state index is 10.9. The first-order valence-electron chi connectivity index (χ1n) is 4.61. The van der Waals surface area contributed by atoms with Gasteiger partial charge in [-0.3, -0.25) is 4.79 Å². The minimum Gasteiger partial charge on any atom is -0.481 e. The molecule has 1 fully saturated rings. The van der Waals surface area contributed by atoms with E-state index in [2.05, 4.69) is 20.4 Å². The van der Waals surface area contributed by atoms with Crippen molar-refractivity contribution in [3.8, 4) is 0 Å². The highest BCUT2D eigenvalue weighted by molar-refractivity contribution is 5.75. The van der Waals surface area contributed by atoms with Crippen LogP contribution in [0, 0.1) is 22.7 Å². The zero-order valence-corrected chi connectivity index (χ0v) is 8.79. The van der Waals surface area contributed by atoms with Crippen LogP contribution in [-0.4, -0.2) is 11.1 Å². The molecule has 1 saturated carbocycles. The number of hydrogen-bond donors (Lipinski definition) is 1. The number of carbonyl (C=O) groups is 1. The molecule has 2 nitrogen and oxygen atoms in total. The van der Waals surface area contributed by atoms with E-state index in [0.29, 0.717) is 0 Å². The first-order chi connectivity index (χ1) is 5.75. The molecule has 2 unspecified atom stereocenters. The Kier molecular flexibility index (Phi) is 2.06. The summed E-state index contributed by atoms with van der Waals surface area (Å²) in [5, 5.41) is 8.98. The van der Waals surface area contributed by atoms with Crippen LogP contribution in [-0.2, 0) is 4.79 Å². The van der Waals surface area contributed by atoms with Crippen molar-refractivity contribution in [1.82, 2.24) is 0 Å². The second kappa shape index (κ2) is 2.60. The molecule has 74 valence electrons. The Morgan fingerprint density at radius 1 is 1.54 bits per heavy atom. The van der Waals surface area contributed by atoms with Gasteiger partial charge in [-0.15, -0.1) is 6.58 Å². The van der Waals surface area contributed by atoms with Crippen LogP contribution in [0.15, 0.2) is 12.7 Å². The summed E-state index contributed by atoms with van der Waals surface area (Å²) < 4.78 is 0. The molecule has 1 N–H and O–H groups in total. The van der Waals surface area contributed by atoms with E-state index in [1.165, 1.54) is 0 Å². The summed E-state index contributed by atoms with van der Waals surface area (Å²) >= 11 is 0. The summed E-state index contributed by atoms with van der Waals surface area (Å²) in [7, 11) is 0. The van der Waals surface area contributed by atoms with Gasteiger partial charge in [0.25, 0.3) is 0 Å². The van der Waals surface area contributed by atoms with Gasteiger partial charge in [0.15, 0.2) is 0 Å². The third-order valence-electron chi connectivity index (χ3n) is 3.42. The predicted molar refractivity (Wildman–Crippen MR) is 52.4 cm³/mol. The molecule has 0 bridgehead atoms. The molecular weight excluding hydrogens is 164 g/mol. The van der Waals surface area contributed by atoms with E-state index in [0.717, 1.165) is 0 Å². The van der Waals surface area contributed by atoms with E-state index < -0.39 is 5.97 Å². The lowest BCUT2D eigenvalue weighted by atomic mass is 9.83. The molecule has 1 aliphatic carbocycles. The smallest absolute Gasteiger partial charge is 0.307 e. The van der Waals surface area contributed by atoms with Gasteiger partial charge < -0.3 is 5.11 Å². The number of hydrogen-bond acceptors (Lipinski definition) is 1. The number of carboxylic acids is 1. The van der Waals surface area contributed by atoms with Gasteiger partial charge in [0.2, 0.25) is 0 Å². The van der Waals surface area contributed by atoms with Crippen LogP contribution in [0.1, 0.15) is 27.7 Å². The summed E-state index contributed by atoms with van der Waals surface area (Å²) in [5.74, 6) is -0.666. The average Bonchev–Trinajstić information content (AvgIpc) is 2.54. The predicted octanol–water partition coefficient (Wildman–Crippen LogP) is 2.56. The van der Waals surface area contributed by atoms with Crippen molar-refractivity contribution in [2.24, 2.45) is 22.7 Å². The summed E-state index contributed by atoms with van der Waals surface area (Å²) in [6.45, 7) is 11.9. The van der Waals surface area contributed by atoms with Crippen LogP contribution in [0.2, 0.25) is 0 Å². The van der Waals surface area contributed by atoms with Gasteiger partial charge in [0, 0.05) is 0 Å². The van der Waals surface area contributed by atoms with E-state index in [1.807, 2.05) is 19.9 Å². The molecule has 1 aliphatic rings. The molecule has 2 heteroatoms. The molecule has 0 aromatic heterocycles. The van der Waals surface area contributed by atoms with Gasteiger partial charge in [-0.1, -0.05) is 33.8 Å². The van der Waals surface area contributed by atoms with Gasteiger partial charge in [0.1, 0.15) is 0 Å². The summed E-state index contributed by atoms with van der Waals surface area (Å²) in [6.07, 6.45) is 1.86. The van der Waals surface area contributed by atoms with Gasteiger partial charge in [0.05, 0.1) is 5.92 Å². The fraction of sp³-hybridized carbons (Fsp3) is 0.727. The highest BCUT2D eigenvalue weighted by Crippen LogP contribution is 2.65. The normalized spacial score (nSPS) is 31.1. The lowest BCUT2D eigenvalue weighted by Gasteiger charge is -2.21. The quantitative estimate of drug-likeness (QED) is 0.681. The van der Waals surface area contributed by atoms with Crippen molar-refractivity contribution < 1.29 is 9.90 Å². The molecule has 0 radical (unpaired) electrons. The first kappa shape index (κ1) is 10.3. The number of allylic oxidation sites excluding steroid dienone is 1. The Bertz CT molecular complexity index is 251. The van der Waals surface area contributed by atoms with Gasteiger partial charge >= 0.3 is 5.97 Å². The average molecular weight is 182 g/mol. The van der Waals surface area contributed by atoms with Crippen LogP contribution in [0.4, 0.5) is 0 Å². The van der Waals surface area contributed by atoms with Gasteiger partial charge in [-0.25, -0.2) is 0 Å². The molecule has 0 heterocycles. The zero-order valence-electron chi connectivity index (χ0n) is 8.79. The second-order valence-corrected chi connectivity index (χ2v) is 5.14. The molecule has 0 aromatic rings. The van der Waals surface area contributed by atoms with Gasteiger partial charge in [-0.2, -0.15) is 0 Å². The largest absolute Gasteiger partial charge is 0.481 e. The Morgan fingerprint density at radius 2 is 2.00 bits per heavy atom. The third-order valence-corrected chi connectivity index (χ3v) is 3.42. The SMILES string of the molecule is C=CC(C)(C)C1C(C(=O)O)C1(C)C. The summed E-state index contributed by atoms with van der Waals surface area (Å²) in [6, 6.07) is 0. The Balaban J connectivity index is 2.88. The van der Waals surface area contributed by atoms with E-state index in [9.17, 15) is 4.79 Å². The van der Waals surface area contributed by atoms with Crippen molar-refractivity contribution in [3.05, 3.63) is 12.7 Å². The van der Waals surface area contributed by atoms with E-state index >= 15 is 0 Å².